The van der Waals surface area contributed by atoms with Crippen LogP contribution in [0.25, 0.3) is 0 Å². The summed E-state index contributed by atoms with van der Waals surface area (Å²) in [5, 5.41) is 11.2. The highest BCUT2D eigenvalue weighted by Crippen LogP contribution is 2.00. The molecule has 0 aliphatic rings. The van der Waals surface area contributed by atoms with E-state index >= 15 is 0 Å². The summed E-state index contributed by atoms with van der Waals surface area (Å²) in [4.78, 5) is 23.5. The molecule has 0 saturated heterocycles. The third kappa shape index (κ3) is 4.58. The number of hydrogen-bond acceptors (Lipinski definition) is 3. The smallest absolute Gasteiger partial charge is 0.317 e. The van der Waals surface area contributed by atoms with E-state index in [1.54, 1.807) is 19.3 Å². The normalized spacial score (nSPS) is 9.94. The lowest BCUT2D eigenvalue weighted by molar-refractivity contribution is -0.137. The van der Waals surface area contributed by atoms with Crippen molar-refractivity contribution in [3.63, 3.8) is 0 Å². The molecule has 0 saturated carbocycles. The second-order valence-electron chi connectivity index (χ2n) is 3.51. The number of aliphatic carboxylic acids is 1. The van der Waals surface area contributed by atoms with Gasteiger partial charge in [-0.05, 0) is 13.0 Å². The summed E-state index contributed by atoms with van der Waals surface area (Å²) < 4.78 is 4.87. The summed E-state index contributed by atoms with van der Waals surface area (Å²) in [6, 6.07) is 1.49. The number of furan rings is 1. The summed E-state index contributed by atoms with van der Waals surface area (Å²) in [6.07, 6.45) is 3.03. The Balaban J connectivity index is 2.35. The molecule has 2 amide bonds. The maximum Gasteiger partial charge on any atom is 0.317 e. The van der Waals surface area contributed by atoms with E-state index < -0.39 is 5.97 Å². The van der Waals surface area contributed by atoms with Crippen molar-refractivity contribution in [2.24, 2.45) is 0 Å². The molecule has 1 aromatic heterocycles. The number of carbonyl (C=O) groups is 2. The number of nitrogens with one attached hydrogen (secondary N) is 1. The maximum absolute atomic E-state index is 11.7. The summed E-state index contributed by atoms with van der Waals surface area (Å²) in [6.45, 7) is 2.87. The summed E-state index contributed by atoms with van der Waals surface area (Å²) in [5.74, 6) is -0.911. The van der Waals surface area contributed by atoms with Crippen LogP contribution >= 0.6 is 0 Å². The lowest BCUT2D eigenvalue weighted by Crippen LogP contribution is -2.40. The number of carboxylic acids is 1. The van der Waals surface area contributed by atoms with Gasteiger partial charge < -0.3 is 19.7 Å². The average Bonchev–Trinajstić information content (AvgIpc) is 2.79. The van der Waals surface area contributed by atoms with Crippen molar-refractivity contribution in [1.82, 2.24) is 10.2 Å². The first-order valence-electron chi connectivity index (χ1n) is 5.39. The minimum absolute atomic E-state index is 0.0486. The number of rotatable bonds is 6. The van der Waals surface area contributed by atoms with Crippen LogP contribution in [0.2, 0.25) is 0 Å². The van der Waals surface area contributed by atoms with Gasteiger partial charge in [0.2, 0.25) is 0 Å². The molecule has 0 aliphatic carbocycles. The van der Waals surface area contributed by atoms with E-state index in [2.05, 4.69) is 5.32 Å². The van der Waals surface area contributed by atoms with E-state index in [4.69, 9.17) is 9.52 Å². The van der Waals surface area contributed by atoms with Crippen molar-refractivity contribution in [1.29, 1.82) is 0 Å². The lowest BCUT2D eigenvalue weighted by atomic mass is 10.3. The first-order chi connectivity index (χ1) is 8.13. The van der Waals surface area contributed by atoms with Gasteiger partial charge in [-0.2, -0.15) is 0 Å². The molecule has 0 aliphatic heterocycles. The molecule has 2 N–H and O–H groups in total. The molecule has 94 valence electrons. The second-order valence-corrected chi connectivity index (χ2v) is 3.51. The van der Waals surface area contributed by atoms with Gasteiger partial charge in [0.1, 0.15) is 0 Å². The molecule has 6 nitrogen and oxygen atoms in total. The van der Waals surface area contributed by atoms with Crippen molar-refractivity contribution in [3.8, 4) is 0 Å². The van der Waals surface area contributed by atoms with Gasteiger partial charge in [0, 0.05) is 25.2 Å². The van der Waals surface area contributed by atoms with Gasteiger partial charge >= 0.3 is 12.0 Å². The van der Waals surface area contributed by atoms with E-state index in [1.807, 2.05) is 0 Å². The molecule has 0 atom stereocenters. The quantitative estimate of drug-likeness (QED) is 0.784. The summed E-state index contributed by atoms with van der Waals surface area (Å²) in [7, 11) is 0. The van der Waals surface area contributed by atoms with Crippen molar-refractivity contribution in [2.45, 2.75) is 19.9 Å². The van der Waals surface area contributed by atoms with Crippen LogP contribution in [-0.4, -0.2) is 35.1 Å². The van der Waals surface area contributed by atoms with Gasteiger partial charge in [-0.15, -0.1) is 0 Å². The van der Waals surface area contributed by atoms with Crippen LogP contribution in [0.1, 0.15) is 18.9 Å². The summed E-state index contributed by atoms with van der Waals surface area (Å²) in [5.41, 5.74) is 0.868. The third-order valence-corrected chi connectivity index (χ3v) is 2.29. The highest BCUT2D eigenvalue weighted by Gasteiger charge is 2.12. The van der Waals surface area contributed by atoms with E-state index in [-0.39, 0.29) is 19.0 Å². The third-order valence-electron chi connectivity index (χ3n) is 2.29. The SMILES string of the molecule is CCN(CCC(=O)O)C(=O)NCc1ccoc1. The highest BCUT2D eigenvalue weighted by molar-refractivity contribution is 5.75. The van der Waals surface area contributed by atoms with E-state index in [1.165, 1.54) is 11.2 Å². The van der Waals surface area contributed by atoms with Crippen LogP contribution < -0.4 is 5.32 Å². The predicted octanol–water partition coefficient (Wildman–Crippen LogP) is 1.29. The molecule has 1 heterocycles. The zero-order valence-electron chi connectivity index (χ0n) is 9.68. The minimum atomic E-state index is -0.911. The van der Waals surface area contributed by atoms with Gasteiger partial charge in [0.25, 0.3) is 0 Å². The number of amides is 2. The Morgan fingerprint density at radius 3 is 2.82 bits per heavy atom. The number of carbonyl (C=O) groups excluding carboxylic acids is 1. The van der Waals surface area contributed by atoms with Crippen molar-refractivity contribution >= 4 is 12.0 Å². The molecule has 0 unspecified atom stereocenters. The van der Waals surface area contributed by atoms with Crippen LogP contribution in [0.5, 0.6) is 0 Å². The predicted molar refractivity (Wildman–Crippen MR) is 60.4 cm³/mol. The fraction of sp³-hybridized carbons (Fsp3) is 0.455. The minimum Gasteiger partial charge on any atom is -0.481 e. The molecule has 0 fully saturated rings. The topological polar surface area (TPSA) is 82.8 Å². The molecule has 1 rings (SSSR count). The first-order valence-corrected chi connectivity index (χ1v) is 5.39. The molecule has 0 radical (unpaired) electrons. The Morgan fingerprint density at radius 1 is 1.53 bits per heavy atom. The van der Waals surface area contributed by atoms with Crippen LogP contribution in [0.4, 0.5) is 4.79 Å². The molecule has 0 aromatic carbocycles. The highest BCUT2D eigenvalue weighted by atomic mass is 16.4. The van der Waals surface area contributed by atoms with Gasteiger partial charge in [0.05, 0.1) is 18.9 Å². The van der Waals surface area contributed by atoms with Gasteiger partial charge in [-0.3, -0.25) is 4.79 Å². The van der Waals surface area contributed by atoms with Gasteiger partial charge in [0.15, 0.2) is 0 Å². The largest absolute Gasteiger partial charge is 0.481 e. The Morgan fingerprint density at radius 2 is 2.29 bits per heavy atom. The van der Waals surface area contributed by atoms with Gasteiger partial charge in [-0.1, -0.05) is 0 Å². The van der Waals surface area contributed by atoms with Crippen LogP contribution in [-0.2, 0) is 11.3 Å². The van der Waals surface area contributed by atoms with Crippen LogP contribution in [0.3, 0.4) is 0 Å². The van der Waals surface area contributed by atoms with E-state index in [9.17, 15) is 9.59 Å². The Kier molecular flexibility index (Phi) is 5.06. The zero-order valence-corrected chi connectivity index (χ0v) is 9.68. The first kappa shape index (κ1) is 13.1. The fourth-order valence-corrected chi connectivity index (χ4v) is 1.32. The number of urea groups is 1. The van der Waals surface area contributed by atoms with E-state index in [0.29, 0.717) is 13.1 Å². The fourth-order valence-electron chi connectivity index (χ4n) is 1.32. The van der Waals surface area contributed by atoms with Crippen LogP contribution in [0, 0.1) is 0 Å². The Hall–Kier alpha value is -1.98. The molecular formula is C11H16N2O4. The number of carboxylic acid groups (broad SMARTS) is 1. The van der Waals surface area contributed by atoms with Crippen molar-refractivity contribution in [2.75, 3.05) is 13.1 Å². The maximum atomic E-state index is 11.7. The molecule has 0 bridgehead atoms. The molecule has 17 heavy (non-hydrogen) atoms. The summed E-state index contributed by atoms with van der Waals surface area (Å²) >= 11 is 0. The second kappa shape index (κ2) is 6.57. The molecule has 6 heteroatoms. The lowest BCUT2D eigenvalue weighted by Gasteiger charge is -2.20. The molecular weight excluding hydrogens is 224 g/mol. The standard InChI is InChI=1S/C11H16N2O4/c1-2-13(5-3-10(14)15)11(16)12-7-9-4-6-17-8-9/h4,6,8H,2-3,5,7H2,1H3,(H,12,16)(H,14,15). The van der Waals surface area contributed by atoms with Gasteiger partial charge in [-0.25, -0.2) is 4.79 Å². The average molecular weight is 240 g/mol. The van der Waals surface area contributed by atoms with Crippen molar-refractivity contribution in [3.05, 3.63) is 24.2 Å². The zero-order chi connectivity index (χ0) is 12.7. The van der Waals surface area contributed by atoms with Crippen molar-refractivity contribution < 1.29 is 19.1 Å². The Bertz CT molecular complexity index is 362. The van der Waals surface area contributed by atoms with Crippen LogP contribution in [0.15, 0.2) is 23.0 Å². The molecule has 0 spiro atoms. The monoisotopic (exact) mass is 240 g/mol. The number of hydrogen-bond donors (Lipinski definition) is 2. The number of nitrogens with zero attached hydrogens (tertiary/aromatic N) is 1. The van der Waals surface area contributed by atoms with E-state index in [0.717, 1.165) is 5.56 Å². The Labute approximate surface area is 99.2 Å². The molecule has 1 aromatic rings.